The molecule has 0 amide bonds. The lowest BCUT2D eigenvalue weighted by molar-refractivity contribution is 0.598. The van der Waals surface area contributed by atoms with Crippen LogP contribution < -0.4 is 10.5 Å². The van der Waals surface area contributed by atoms with Gasteiger partial charge in [0, 0.05) is 17.9 Å². The molecule has 0 aliphatic heterocycles. The fourth-order valence-corrected chi connectivity index (χ4v) is 2.53. The molecule has 6 nitrogen and oxygen atoms in total. The van der Waals surface area contributed by atoms with Crippen molar-refractivity contribution in [3.05, 3.63) is 46.8 Å². The van der Waals surface area contributed by atoms with E-state index in [0.29, 0.717) is 12.5 Å². The fourth-order valence-electron chi connectivity index (χ4n) is 2.02. The van der Waals surface area contributed by atoms with E-state index in [0.717, 1.165) is 28.9 Å². The number of aromatic nitrogens is 2. The highest BCUT2D eigenvalue weighted by Gasteiger charge is 2.07. The average Bonchev–Trinajstić information content (AvgIpc) is 2.44. The van der Waals surface area contributed by atoms with Gasteiger partial charge in [-0.05, 0) is 50.5 Å². The molecule has 22 heavy (non-hydrogen) atoms. The van der Waals surface area contributed by atoms with Crippen molar-refractivity contribution in [2.24, 2.45) is 5.14 Å². The molecular formula is C15H20N4O2S. The van der Waals surface area contributed by atoms with Crippen LogP contribution in [0.25, 0.3) is 0 Å². The van der Waals surface area contributed by atoms with E-state index in [4.69, 9.17) is 5.14 Å². The predicted molar refractivity (Wildman–Crippen MR) is 86.3 cm³/mol. The lowest BCUT2D eigenvalue weighted by Gasteiger charge is -2.09. The molecule has 2 rings (SSSR count). The minimum absolute atomic E-state index is 0.123. The standard InChI is InChI=1S/C15H20N4O2S/c1-10-11(2)18-15(19-12(10)3)17-9-8-13-4-6-14(7-5-13)22(16,20)21/h4-7H,8-9H2,1-3H3,(H2,16,20,21)(H,17,18,19). The molecule has 1 aromatic heterocycles. The number of hydrogen-bond acceptors (Lipinski definition) is 5. The van der Waals surface area contributed by atoms with E-state index in [-0.39, 0.29) is 4.90 Å². The first-order valence-corrected chi connectivity index (χ1v) is 8.49. The Labute approximate surface area is 130 Å². The van der Waals surface area contributed by atoms with Crippen molar-refractivity contribution in [1.29, 1.82) is 0 Å². The van der Waals surface area contributed by atoms with Crippen molar-refractivity contribution in [3.63, 3.8) is 0 Å². The van der Waals surface area contributed by atoms with Crippen molar-refractivity contribution >= 4 is 16.0 Å². The lowest BCUT2D eigenvalue weighted by Crippen LogP contribution is -2.12. The molecule has 118 valence electrons. The molecule has 2 aromatic rings. The molecule has 3 N–H and O–H groups in total. The largest absolute Gasteiger partial charge is 0.354 e. The first kappa shape index (κ1) is 16.4. The van der Waals surface area contributed by atoms with E-state index < -0.39 is 10.0 Å². The van der Waals surface area contributed by atoms with Gasteiger partial charge in [-0.1, -0.05) is 12.1 Å². The lowest BCUT2D eigenvalue weighted by atomic mass is 10.1. The van der Waals surface area contributed by atoms with Gasteiger partial charge < -0.3 is 5.32 Å². The van der Waals surface area contributed by atoms with E-state index in [2.05, 4.69) is 15.3 Å². The molecule has 0 unspecified atom stereocenters. The van der Waals surface area contributed by atoms with Crippen LogP contribution in [-0.4, -0.2) is 24.9 Å². The molecule has 1 aromatic carbocycles. The van der Waals surface area contributed by atoms with Gasteiger partial charge in [0.25, 0.3) is 0 Å². The highest BCUT2D eigenvalue weighted by molar-refractivity contribution is 7.89. The van der Waals surface area contributed by atoms with Gasteiger partial charge in [0.2, 0.25) is 16.0 Å². The van der Waals surface area contributed by atoms with E-state index in [9.17, 15) is 8.42 Å². The molecule has 0 bridgehead atoms. The van der Waals surface area contributed by atoms with Crippen LogP contribution in [0.5, 0.6) is 0 Å². The van der Waals surface area contributed by atoms with Gasteiger partial charge in [0.05, 0.1) is 4.90 Å². The van der Waals surface area contributed by atoms with Crippen molar-refractivity contribution in [2.75, 3.05) is 11.9 Å². The van der Waals surface area contributed by atoms with Crippen molar-refractivity contribution in [1.82, 2.24) is 9.97 Å². The van der Waals surface area contributed by atoms with Gasteiger partial charge in [0.15, 0.2) is 0 Å². The van der Waals surface area contributed by atoms with Crippen LogP contribution in [0, 0.1) is 20.8 Å². The van der Waals surface area contributed by atoms with Gasteiger partial charge in [-0.25, -0.2) is 23.5 Å². The molecule has 0 fully saturated rings. The smallest absolute Gasteiger partial charge is 0.238 e. The Bertz CT molecular complexity index is 748. The SMILES string of the molecule is Cc1nc(NCCc2ccc(S(N)(=O)=O)cc2)nc(C)c1C. The van der Waals surface area contributed by atoms with Crippen LogP contribution >= 0.6 is 0 Å². The van der Waals surface area contributed by atoms with Crippen LogP contribution in [0.4, 0.5) is 5.95 Å². The number of hydrogen-bond donors (Lipinski definition) is 2. The van der Waals surface area contributed by atoms with E-state index >= 15 is 0 Å². The summed E-state index contributed by atoms with van der Waals surface area (Å²) in [6.45, 7) is 6.58. The maximum atomic E-state index is 11.2. The second-order valence-corrected chi connectivity index (χ2v) is 6.77. The first-order valence-electron chi connectivity index (χ1n) is 6.95. The highest BCUT2D eigenvalue weighted by atomic mass is 32.2. The minimum Gasteiger partial charge on any atom is -0.354 e. The Morgan fingerprint density at radius 1 is 1.05 bits per heavy atom. The zero-order valence-corrected chi connectivity index (χ0v) is 13.7. The van der Waals surface area contributed by atoms with Gasteiger partial charge in [-0.2, -0.15) is 0 Å². The van der Waals surface area contributed by atoms with Crippen LogP contribution in [-0.2, 0) is 16.4 Å². The molecule has 0 atom stereocenters. The highest BCUT2D eigenvalue weighted by Crippen LogP contribution is 2.12. The Balaban J connectivity index is 1.97. The summed E-state index contributed by atoms with van der Waals surface area (Å²) in [5.74, 6) is 0.613. The molecule has 0 saturated heterocycles. The van der Waals surface area contributed by atoms with Gasteiger partial charge in [-0.15, -0.1) is 0 Å². The van der Waals surface area contributed by atoms with Crippen LogP contribution in [0.3, 0.4) is 0 Å². The van der Waals surface area contributed by atoms with Gasteiger partial charge in [0.1, 0.15) is 0 Å². The molecular weight excluding hydrogens is 300 g/mol. The molecule has 7 heteroatoms. The zero-order valence-electron chi connectivity index (χ0n) is 12.9. The van der Waals surface area contributed by atoms with Gasteiger partial charge in [-0.3, -0.25) is 0 Å². The number of nitrogens with zero attached hydrogens (tertiary/aromatic N) is 2. The number of anilines is 1. The van der Waals surface area contributed by atoms with Crippen LogP contribution in [0.15, 0.2) is 29.2 Å². The first-order chi connectivity index (χ1) is 10.3. The molecule has 0 aliphatic carbocycles. The quantitative estimate of drug-likeness (QED) is 0.874. The number of benzene rings is 1. The summed E-state index contributed by atoms with van der Waals surface area (Å²) in [7, 11) is -3.63. The number of sulfonamides is 1. The summed E-state index contributed by atoms with van der Waals surface area (Å²) < 4.78 is 22.4. The fraction of sp³-hybridized carbons (Fsp3) is 0.333. The summed E-state index contributed by atoms with van der Waals surface area (Å²) in [4.78, 5) is 8.91. The number of nitrogens with one attached hydrogen (secondary N) is 1. The number of nitrogens with two attached hydrogens (primary N) is 1. The average molecular weight is 320 g/mol. The summed E-state index contributed by atoms with van der Waals surface area (Å²) in [5, 5.41) is 8.25. The second-order valence-electron chi connectivity index (χ2n) is 5.21. The maximum absolute atomic E-state index is 11.2. The zero-order chi connectivity index (χ0) is 16.3. The van der Waals surface area contributed by atoms with Crippen molar-refractivity contribution in [2.45, 2.75) is 32.1 Å². The summed E-state index contributed by atoms with van der Waals surface area (Å²) in [6, 6.07) is 6.55. The Morgan fingerprint density at radius 3 is 2.09 bits per heavy atom. The van der Waals surface area contributed by atoms with Gasteiger partial charge >= 0.3 is 0 Å². The Kier molecular flexibility index (Phi) is 4.77. The predicted octanol–water partition coefficient (Wildman–Crippen LogP) is 1.70. The summed E-state index contributed by atoms with van der Waals surface area (Å²) in [6.07, 6.45) is 0.736. The van der Waals surface area contributed by atoms with Crippen molar-refractivity contribution < 1.29 is 8.42 Å². The minimum atomic E-state index is -3.63. The van der Waals surface area contributed by atoms with E-state index in [1.54, 1.807) is 12.1 Å². The molecule has 0 spiro atoms. The third-order valence-electron chi connectivity index (χ3n) is 3.58. The summed E-state index contributed by atoms with van der Waals surface area (Å²) in [5.41, 5.74) is 4.05. The van der Waals surface area contributed by atoms with E-state index in [1.807, 2.05) is 20.8 Å². The number of primary sulfonamides is 1. The molecule has 1 heterocycles. The van der Waals surface area contributed by atoms with Crippen LogP contribution in [0.2, 0.25) is 0 Å². The summed E-state index contributed by atoms with van der Waals surface area (Å²) >= 11 is 0. The molecule has 0 saturated carbocycles. The number of aryl methyl sites for hydroxylation is 2. The third-order valence-corrected chi connectivity index (χ3v) is 4.51. The third kappa shape index (κ3) is 4.02. The topological polar surface area (TPSA) is 98.0 Å². The number of rotatable bonds is 5. The molecule has 0 aliphatic rings. The second kappa shape index (κ2) is 6.41. The normalized spacial score (nSPS) is 11.5. The monoisotopic (exact) mass is 320 g/mol. The Morgan fingerprint density at radius 2 is 1.59 bits per heavy atom. The van der Waals surface area contributed by atoms with E-state index in [1.165, 1.54) is 12.1 Å². The Hall–Kier alpha value is -1.99. The molecule has 0 radical (unpaired) electrons. The van der Waals surface area contributed by atoms with Crippen molar-refractivity contribution in [3.8, 4) is 0 Å². The maximum Gasteiger partial charge on any atom is 0.238 e. The van der Waals surface area contributed by atoms with Crippen LogP contribution in [0.1, 0.15) is 22.5 Å².